The van der Waals surface area contributed by atoms with Crippen LogP contribution in [0.1, 0.15) is 17.5 Å². The Labute approximate surface area is 127 Å². The van der Waals surface area contributed by atoms with Crippen LogP contribution in [-0.2, 0) is 11.3 Å². The summed E-state index contributed by atoms with van der Waals surface area (Å²) in [6.07, 6.45) is 1.00. The lowest BCUT2D eigenvalue weighted by atomic mass is 10.1. The first-order valence-electron chi connectivity index (χ1n) is 8.00. The van der Waals surface area contributed by atoms with E-state index in [9.17, 15) is 4.79 Å². The van der Waals surface area contributed by atoms with Gasteiger partial charge in [0.15, 0.2) is 0 Å². The number of amides is 1. The third kappa shape index (κ3) is 3.44. The number of aryl methyl sites for hydroxylation is 1. The summed E-state index contributed by atoms with van der Waals surface area (Å²) in [5.41, 5.74) is 2.75. The minimum atomic E-state index is 0.216. The third-order valence-corrected chi connectivity index (χ3v) is 4.75. The van der Waals surface area contributed by atoms with Gasteiger partial charge in [-0.1, -0.05) is 24.3 Å². The van der Waals surface area contributed by atoms with Crippen molar-refractivity contribution >= 4 is 5.91 Å². The molecule has 4 nitrogen and oxygen atoms in total. The first kappa shape index (κ1) is 14.5. The molecule has 2 aliphatic rings. The summed E-state index contributed by atoms with van der Waals surface area (Å²) in [4.78, 5) is 16.9. The molecule has 1 aromatic carbocycles. The highest BCUT2D eigenvalue weighted by atomic mass is 16.2. The Hall–Kier alpha value is -1.39. The second-order valence-electron chi connectivity index (χ2n) is 6.22. The Bertz CT molecular complexity index is 489. The van der Waals surface area contributed by atoms with Gasteiger partial charge < -0.3 is 10.2 Å². The molecule has 0 aromatic heterocycles. The van der Waals surface area contributed by atoms with Gasteiger partial charge in [-0.2, -0.15) is 0 Å². The van der Waals surface area contributed by atoms with Gasteiger partial charge in [-0.3, -0.25) is 9.69 Å². The molecule has 2 heterocycles. The molecule has 0 spiro atoms. The van der Waals surface area contributed by atoms with Gasteiger partial charge in [-0.25, -0.2) is 0 Å². The maximum absolute atomic E-state index is 12.4. The van der Waals surface area contributed by atoms with Crippen molar-refractivity contribution < 1.29 is 4.79 Å². The van der Waals surface area contributed by atoms with E-state index >= 15 is 0 Å². The van der Waals surface area contributed by atoms with Gasteiger partial charge in [0.25, 0.3) is 0 Å². The van der Waals surface area contributed by atoms with E-state index in [2.05, 4.69) is 46.3 Å². The lowest BCUT2D eigenvalue weighted by molar-refractivity contribution is -0.136. The first-order chi connectivity index (χ1) is 10.2. The van der Waals surface area contributed by atoms with Crippen LogP contribution in [0.4, 0.5) is 0 Å². The molecule has 21 heavy (non-hydrogen) atoms. The molecule has 2 saturated heterocycles. The van der Waals surface area contributed by atoms with Crippen molar-refractivity contribution in [3.63, 3.8) is 0 Å². The van der Waals surface area contributed by atoms with E-state index in [1.807, 2.05) is 0 Å². The van der Waals surface area contributed by atoms with Gasteiger partial charge >= 0.3 is 0 Å². The van der Waals surface area contributed by atoms with Crippen molar-refractivity contribution in [2.75, 3.05) is 39.3 Å². The van der Waals surface area contributed by atoms with E-state index in [4.69, 9.17) is 0 Å². The minimum absolute atomic E-state index is 0.216. The lowest BCUT2D eigenvalue weighted by Gasteiger charge is -2.36. The summed E-state index contributed by atoms with van der Waals surface area (Å²) in [5.74, 6) is 0.573. The maximum atomic E-state index is 12.4. The molecule has 2 aliphatic heterocycles. The fourth-order valence-electron chi connectivity index (χ4n) is 3.28. The molecule has 0 aliphatic carbocycles. The standard InChI is InChI=1S/C17H25N3O/c1-14-4-2-3-5-16(14)13-19-8-10-20(11-9-19)17(21)15-6-7-18-12-15/h2-5,15,18H,6-13H2,1H3. The van der Waals surface area contributed by atoms with Crippen molar-refractivity contribution in [2.24, 2.45) is 5.92 Å². The lowest BCUT2D eigenvalue weighted by Crippen LogP contribution is -2.50. The Balaban J connectivity index is 1.51. The van der Waals surface area contributed by atoms with Crippen LogP contribution in [0, 0.1) is 12.8 Å². The van der Waals surface area contributed by atoms with Crippen LogP contribution >= 0.6 is 0 Å². The van der Waals surface area contributed by atoms with E-state index in [0.717, 1.165) is 52.2 Å². The SMILES string of the molecule is Cc1ccccc1CN1CCN(C(=O)C2CCNC2)CC1. The van der Waals surface area contributed by atoms with Crippen molar-refractivity contribution in [1.82, 2.24) is 15.1 Å². The average Bonchev–Trinajstić information content (AvgIpc) is 3.04. The zero-order chi connectivity index (χ0) is 14.7. The largest absolute Gasteiger partial charge is 0.340 e. The molecule has 1 amide bonds. The van der Waals surface area contributed by atoms with Crippen molar-refractivity contribution in [3.05, 3.63) is 35.4 Å². The van der Waals surface area contributed by atoms with Crippen LogP contribution < -0.4 is 5.32 Å². The predicted octanol–water partition coefficient (Wildman–Crippen LogP) is 1.25. The van der Waals surface area contributed by atoms with E-state index in [0.29, 0.717) is 5.91 Å². The molecule has 114 valence electrons. The first-order valence-corrected chi connectivity index (χ1v) is 8.00. The summed E-state index contributed by atoms with van der Waals surface area (Å²) in [5, 5.41) is 3.28. The van der Waals surface area contributed by atoms with E-state index < -0.39 is 0 Å². The molecular weight excluding hydrogens is 262 g/mol. The molecule has 1 N–H and O–H groups in total. The second kappa shape index (κ2) is 6.58. The summed E-state index contributed by atoms with van der Waals surface area (Å²) in [6, 6.07) is 8.57. The molecule has 1 unspecified atom stereocenters. The zero-order valence-electron chi connectivity index (χ0n) is 12.8. The molecule has 1 atom stereocenters. The second-order valence-corrected chi connectivity index (χ2v) is 6.22. The highest BCUT2D eigenvalue weighted by Gasteiger charge is 2.29. The highest BCUT2D eigenvalue weighted by Crippen LogP contribution is 2.16. The Morgan fingerprint density at radius 3 is 2.67 bits per heavy atom. The highest BCUT2D eigenvalue weighted by molar-refractivity contribution is 5.79. The number of hydrogen-bond donors (Lipinski definition) is 1. The molecule has 0 saturated carbocycles. The van der Waals surface area contributed by atoms with Gasteiger partial charge in [0, 0.05) is 39.3 Å². The number of rotatable bonds is 3. The van der Waals surface area contributed by atoms with Gasteiger partial charge in [0.2, 0.25) is 5.91 Å². The number of nitrogens with one attached hydrogen (secondary N) is 1. The number of benzene rings is 1. The van der Waals surface area contributed by atoms with Crippen molar-refractivity contribution in [3.8, 4) is 0 Å². The zero-order valence-corrected chi connectivity index (χ0v) is 12.8. The summed E-state index contributed by atoms with van der Waals surface area (Å²) in [7, 11) is 0. The minimum Gasteiger partial charge on any atom is -0.340 e. The van der Waals surface area contributed by atoms with Crippen LogP contribution in [0.25, 0.3) is 0 Å². The third-order valence-electron chi connectivity index (χ3n) is 4.75. The maximum Gasteiger partial charge on any atom is 0.227 e. The average molecular weight is 287 g/mol. The van der Waals surface area contributed by atoms with Gasteiger partial charge in [-0.05, 0) is 31.0 Å². The fourth-order valence-corrected chi connectivity index (χ4v) is 3.28. The van der Waals surface area contributed by atoms with E-state index in [1.54, 1.807) is 0 Å². The van der Waals surface area contributed by atoms with Crippen LogP contribution in [-0.4, -0.2) is 55.0 Å². The molecule has 4 heteroatoms. The Morgan fingerprint density at radius 1 is 1.24 bits per heavy atom. The van der Waals surface area contributed by atoms with Crippen molar-refractivity contribution in [2.45, 2.75) is 19.9 Å². The number of carbonyl (C=O) groups is 1. The summed E-state index contributed by atoms with van der Waals surface area (Å²) < 4.78 is 0. The number of hydrogen-bond acceptors (Lipinski definition) is 3. The summed E-state index contributed by atoms with van der Waals surface area (Å²) >= 11 is 0. The number of nitrogens with zero attached hydrogens (tertiary/aromatic N) is 2. The molecular formula is C17H25N3O. The van der Waals surface area contributed by atoms with Crippen LogP contribution in [0.3, 0.4) is 0 Å². The molecule has 1 aromatic rings. The van der Waals surface area contributed by atoms with Crippen LogP contribution in [0.2, 0.25) is 0 Å². The molecule has 3 rings (SSSR count). The van der Waals surface area contributed by atoms with E-state index in [-0.39, 0.29) is 5.92 Å². The molecule has 0 bridgehead atoms. The van der Waals surface area contributed by atoms with Gasteiger partial charge in [0.05, 0.1) is 5.92 Å². The number of carbonyl (C=O) groups excluding carboxylic acids is 1. The van der Waals surface area contributed by atoms with Crippen molar-refractivity contribution in [1.29, 1.82) is 0 Å². The monoisotopic (exact) mass is 287 g/mol. The smallest absolute Gasteiger partial charge is 0.227 e. The topological polar surface area (TPSA) is 35.6 Å². The van der Waals surface area contributed by atoms with Crippen LogP contribution in [0.15, 0.2) is 24.3 Å². The quantitative estimate of drug-likeness (QED) is 0.909. The Morgan fingerprint density at radius 2 is 2.00 bits per heavy atom. The van der Waals surface area contributed by atoms with Gasteiger partial charge in [0.1, 0.15) is 0 Å². The molecule has 0 radical (unpaired) electrons. The number of piperazine rings is 1. The predicted molar refractivity (Wildman–Crippen MR) is 84.0 cm³/mol. The van der Waals surface area contributed by atoms with E-state index in [1.165, 1.54) is 11.1 Å². The Kier molecular flexibility index (Phi) is 4.56. The summed E-state index contributed by atoms with van der Waals surface area (Å²) in [6.45, 7) is 8.75. The molecule has 2 fully saturated rings. The fraction of sp³-hybridized carbons (Fsp3) is 0.588. The normalized spacial score (nSPS) is 23.5. The van der Waals surface area contributed by atoms with Crippen LogP contribution in [0.5, 0.6) is 0 Å². The van der Waals surface area contributed by atoms with Gasteiger partial charge in [-0.15, -0.1) is 0 Å².